The molecule has 3 aromatic heterocycles. The van der Waals surface area contributed by atoms with Crippen LogP contribution in [0.5, 0.6) is 0 Å². The van der Waals surface area contributed by atoms with Gasteiger partial charge >= 0.3 is 0 Å². The molecule has 48 heavy (non-hydrogen) atoms. The summed E-state index contributed by atoms with van der Waals surface area (Å²) in [6.07, 6.45) is 2.43. The molecule has 0 aliphatic carbocycles. The topological polar surface area (TPSA) is 156 Å². The average molecular weight is 660 g/mol. The van der Waals surface area contributed by atoms with Crippen molar-refractivity contribution in [3.63, 3.8) is 0 Å². The molecule has 4 aromatic rings. The summed E-state index contributed by atoms with van der Waals surface area (Å²) in [4.78, 5) is 64.0. The Labute approximate surface area is 278 Å². The highest BCUT2D eigenvalue weighted by Crippen LogP contribution is 2.21. The molecule has 1 aliphatic rings. The lowest BCUT2D eigenvalue weighted by Crippen LogP contribution is -2.50. The Balaban J connectivity index is 1.41. The van der Waals surface area contributed by atoms with Gasteiger partial charge in [-0.05, 0) is 55.9 Å². The monoisotopic (exact) mass is 659 g/mol. The standard InChI is InChI=1S/C34H42FN9O4/c1-21(2)29-32-37-23(4)41-44(32)20-28(46)36-14-9-16-42(34(48)30-31(35)43-17-13-22(3)18-26(43)39-30)15-8-12-27(45)38-25(33(47)40-29)19-24-10-6-5-7-11-24/h5-7,10-11,13,17-18,21,25,29H,8-9,12,14-16,19-20H2,1-4H3,(H,36,46)(H,38,45)(H,40,47)/t25-,29+/m1/s1. The number of carbonyl (C=O) groups excluding carboxylic acids is 4. The number of amides is 4. The number of nitrogens with zero attached hydrogens (tertiary/aromatic N) is 6. The van der Waals surface area contributed by atoms with Crippen LogP contribution in [0.1, 0.15) is 72.4 Å². The summed E-state index contributed by atoms with van der Waals surface area (Å²) in [5.41, 5.74) is 1.73. The van der Waals surface area contributed by atoms with Crippen LogP contribution in [0.2, 0.25) is 0 Å². The quantitative estimate of drug-likeness (QED) is 0.304. The second-order valence-corrected chi connectivity index (χ2v) is 12.5. The van der Waals surface area contributed by atoms with Gasteiger partial charge in [-0.1, -0.05) is 44.2 Å². The van der Waals surface area contributed by atoms with Crippen molar-refractivity contribution in [3.8, 4) is 0 Å². The number of pyridine rings is 1. The molecule has 5 rings (SSSR count). The van der Waals surface area contributed by atoms with Crippen LogP contribution >= 0.6 is 0 Å². The maximum absolute atomic E-state index is 15.3. The van der Waals surface area contributed by atoms with Crippen molar-refractivity contribution in [3.05, 3.63) is 83.1 Å². The maximum Gasteiger partial charge on any atom is 0.277 e. The summed E-state index contributed by atoms with van der Waals surface area (Å²) in [5, 5.41) is 13.2. The van der Waals surface area contributed by atoms with Gasteiger partial charge in [-0.15, -0.1) is 0 Å². The van der Waals surface area contributed by atoms with E-state index in [1.807, 2.05) is 51.1 Å². The fourth-order valence-corrected chi connectivity index (χ4v) is 5.76. The van der Waals surface area contributed by atoms with E-state index in [4.69, 9.17) is 0 Å². The normalized spacial score (nSPS) is 18.9. The average Bonchev–Trinajstić information content (AvgIpc) is 3.57. The van der Waals surface area contributed by atoms with Crippen molar-refractivity contribution in [1.82, 2.24) is 45.0 Å². The zero-order valence-electron chi connectivity index (χ0n) is 27.7. The van der Waals surface area contributed by atoms with Crippen LogP contribution in [-0.2, 0) is 27.3 Å². The van der Waals surface area contributed by atoms with E-state index in [0.717, 1.165) is 11.1 Å². The van der Waals surface area contributed by atoms with Gasteiger partial charge < -0.3 is 20.9 Å². The minimum atomic E-state index is -0.908. The predicted octanol–water partition coefficient (Wildman–Crippen LogP) is 2.67. The Morgan fingerprint density at radius 3 is 2.50 bits per heavy atom. The number of aromatic nitrogens is 5. The van der Waals surface area contributed by atoms with Gasteiger partial charge in [-0.3, -0.25) is 23.6 Å². The summed E-state index contributed by atoms with van der Waals surface area (Å²) >= 11 is 0. The van der Waals surface area contributed by atoms with E-state index in [9.17, 15) is 19.2 Å². The highest BCUT2D eigenvalue weighted by Gasteiger charge is 2.30. The van der Waals surface area contributed by atoms with E-state index >= 15 is 4.39 Å². The zero-order chi connectivity index (χ0) is 34.4. The summed E-state index contributed by atoms with van der Waals surface area (Å²) in [5.74, 6) is -1.69. The number of imidazole rings is 1. The molecule has 14 heteroatoms. The SMILES string of the molecule is Cc1ccn2c(F)c(C(=O)N3CCCNC(=O)Cn4nc(C)nc4[C@H](C(C)C)NC(=O)[C@@H](Cc4ccccc4)NC(=O)CCC3)nc2c1. The Morgan fingerprint density at radius 2 is 1.75 bits per heavy atom. The first kappa shape index (κ1) is 34.2. The van der Waals surface area contributed by atoms with E-state index in [0.29, 0.717) is 23.7 Å². The minimum Gasteiger partial charge on any atom is -0.354 e. The Morgan fingerprint density at radius 1 is 1.00 bits per heavy atom. The number of aryl methyl sites for hydroxylation is 2. The van der Waals surface area contributed by atoms with Crippen LogP contribution in [0.25, 0.3) is 5.65 Å². The number of hydrogen-bond acceptors (Lipinski definition) is 7. The molecule has 0 radical (unpaired) electrons. The van der Waals surface area contributed by atoms with Crippen LogP contribution in [0.15, 0.2) is 48.7 Å². The number of halogens is 1. The lowest BCUT2D eigenvalue weighted by Gasteiger charge is -2.26. The third kappa shape index (κ3) is 8.22. The first-order valence-electron chi connectivity index (χ1n) is 16.3. The number of benzene rings is 1. The van der Waals surface area contributed by atoms with Gasteiger partial charge in [0, 0.05) is 38.7 Å². The molecule has 1 aromatic carbocycles. The summed E-state index contributed by atoms with van der Waals surface area (Å²) in [7, 11) is 0. The van der Waals surface area contributed by atoms with Gasteiger partial charge in [0.2, 0.25) is 23.7 Å². The number of carbonyl (C=O) groups is 4. The first-order valence-corrected chi connectivity index (χ1v) is 16.3. The van der Waals surface area contributed by atoms with Crippen molar-refractivity contribution < 1.29 is 23.6 Å². The fraction of sp³-hybridized carbons (Fsp3) is 0.441. The first-order chi connectivity index (χ1) is 23.0. The van der Waals surface area contributed by atoms with E-state index in [1.165, 1.54) is 20.2 Å². The van der Waals surface area contributed by atoms with Crippen LogP contribution in [0.4, 0.5) is 4.39 Å². The molecule has 13 nitrogen and oxygen atoms in total. The van der Waals surface area contributed by atoms with Crippen LogP contribution < -0.4 is 16.0 Å². The van der Waals surface area contributed by atoms with Crippen LogP contribution in [-0.4, -0.2) is 78.4 Å². The van der Waals surface area contributed by atoms with Gasteiger partial charge in [0.1, 0.15) is 24.1 Å². The molecule has 0 saturated heterocycles. The fourth-order valence-electron chi connectivity index (χ4n) is 5.76. The van der Waals surface area contributed by atoms with Crippen molar-refractivity contribution in [1.29, 1.82) is 0 Å². The second-order valence-electron chi connectivity index (χ2n) is 12.5. The molecular formula is C34H42FN9O4. The van der Waals surface area contributed by atoms with Crippen LogP contribution in [0, 0.1) is 25.7 Å². The Kier molecular flexibility index (Phi) is 10.8. The number of rotatable bonds is 4. The van der Waals surface area contributed by atoms with E-state index in [-0.39, 0.29) is 68.9 Å². The minimum absolute atomic E-state index is 0.0209. The van der Waals surface area contributed by atoms with Crippen LogP contribution in [0.3, 0.4) is 0 Å². The Bertz CT molecular complexity index is 1790. The molecule has 1 aliphatic heterocycles. The third-order valence-corrected chi connectivity index (χ3v) is 8.25. The number of fused-ring (bicyclic) bond motifs is 2. The number of hydrogen-bond donors (Lipinski definition) is 3. The summed E-state index contributed by atoms with van der Waals surface area (Å²) in [6, 6.07) is 11.3. The molecule has 0 unspecified atom stereocenters. The molecule has 4 heterocycles. The zero-order valence-corrected chi connectivity index (χ0v) is 27.7. The molecule has 4 amide bonds. The van der Waals surface area contributed by atoms with Gasteiger partial charge in [-0.2, -0.15) is 9.49 Å². The summed E-state index contributed by atoms with van der Waals surface area (Å²) < 4.78 is 18.0. The molecule has 0 bridgehead atoms. The highest BCUT2D eigenvalue weighted by atomic mass is 19.1. The van der Waals surface area contributed by atoms with Crippen molar-refractivity contribution in [2.75, 3.05) is 19.6 Å². The number of nitrogens with one attached hydrogen (secondary N) is 3. The van der Waals surface area contributed by atoms with Gasteiger partial charge in [0.05, 0.1) is 6.04 Å². The summed E-state index contributed by atoms with van der Waals surface area (Å²) in [6.45, 7) is 7.87. The molecular weight excluding hydrogens is 617 g/mol. The highest BCUT2D eigenvalue weighted by molar-refractivity contribution is 5.93. The van der Waals surface area contributed by atoms with E-state index in [1.54, 1.807) is 19.1 Å². The van der Waals surface area contributed by atoms with Gasteiger partial charge in [-0.25, -0.2) is 14.6 Å². The molecule has 254 valence electrons. The van der Waals surface area contributed by atoms with Gasteiger partial charge in [0.25, 0.3) is 5.91 Å². The van der Waals surface area contributed by atoms with E-state index < -0.39 is 29.8 Å². The van der Waals surface area contributed by atoms with Gasteiger partial charge in [0.15, 0.2) is 11.5 Å². The largest absolute Gasteiger partial charge is 0.354 e. The lowest BCUT2D eigenvalue weighted by atomic mass is 10.0. The molecule has 3 N–H and O–H groups in total. The Hall–Kier alpha value is -5.14. The van der Waals surface area contributed by atoms with Crippen molar-refractivity contribution >= 4 is 29.3 Å². The maximum atomic E-state index is 15.3. The molecule has 2 atom stereocenters. The second kappa shape index (κ2) is 15.2. The third-order valence-electron chi connectivity index (χ3n) is 8.25. The predicted molar refractivity (Wildman–Crippen MR) is 175 cm³/mol. The smallest absolute Gasteiger partial charge is 0.277 e. The van der Waals surface area contributed by atoms with E-state index in [2.05, 4.69) is 31.0 Å². The molecule has 0 spiro atoms. The molecule has 0 saturated carbocycles. The van der Waals surface area contributed by atoms with Crippen molar-refractivity contribution in [2.45, 2.75) is 72.0 Å². The molecule has 0 fully saturated rings. The lowest BCUT2D eigenvalue weighted by molar-refractivity contribution is -0.129. The van der Waals surface area contributed by atoms with Crippen molar-refractivity contribution in [2.24, 2.45) is 5.92 Å².